The number of nitrogens with zero attached hydrogens (tertiary/aromatic N) is 3. The molecule has 8 heteroatoms. The van der Waals surface area contributed by atoms with E-state index in [1.165, 1.54) is 12.3 Å². The molecule has 1 fully saturated rings. The Morgan fingerprint density at radius 2 is 1.69 bits per heavy atom. The fraction of sp³-hybridized carbons (Fsp3) is 0.296. The Labute approximate surface area is 201 Å². The average Bonchev–Trinajstić information content (AvgIpc) is 3.26. The molecule has 0 saturated carbocycles. The summed E-state index contributed by atoms with van der Waals surface area (Å²) in [5.41, 5.74) is 3.45. The number of benzene rings is 2. The second-order valence-corrected chi connectivity index (χ2v) is 8.91. The molecule has 0 bridgehead atoms. The molecule has 0 amide bonds. The third kappa shape index (κ3) is 5.32. The van der Waals surface area contributed by atoms with Crippen molar-refractivity contribution < 1.29 is 17.6 Å². The number of nitrogens with one attached hydrogen (secondary N) is 1. The zero-order chi connectivity index (χ0) is 24.4. The maximum absolute atomic E-state index is 13.6. The van der Waals surface area contributed by atoms with Gasteiger partial charge in [-0.25, -0.2) is 4.39 Å². The van der Waals surface area contributed by atoms with Crippen LogP contribution in [0, 0.1) is 5.82 Å². The molecule has 2 aromatic heterocycles. The van der Waals surface area contributed by atoms with Crippen LogP contribution in [0.25, 0.3) is 22.2 Å². The summed E-state index contributed by atoms with van der Waals surface area (Å²) in [5.74, 6) is -0.214. The van der Waals surface area contributed by atoms with Crippen LogP contribution in [-0.4, -0.2) is 47.6 Å². The Balaban J connectivity index is 1.13. The van der Waals surface area contributed by atoms with Crippen LogP contribution in [0.5, 0.6) is 0 Å². The van der Waals surface area contributed by atoms with Gasteiger partial charge in [0.2, 0.25) is 0 Å². The first-order chi connectivity index (χ1) is 16.9. The van der Waals surface area contributed by atoms with Crippen LogP contribution in [0.2, 0.25) is 0 Å². The zero-order valence-electron chi connectivity index (χ0n) is 19.2. The zero-order valence-corrected chi connectivity index (χ0v) is 19.2. The molecule has 4 aromatic rings. The molecule has 0 atom stereocenters. The molecule has 4 nitrogen and oxygen atoms in total. The van der Waals surface area contributed by atoms with Crippen molar-refractivity contribution in [3.05, 3.63) is 83.9 Å². The molecule has 5 rings (SSSR count). The number of H-pyrrole nitrogens is 1. The average molecular weight is 483 g/mol. The van der Waals surface area contributed by atoms with Crippen LogP contribution >= 0.6 is 0 Å². The summed E-state index contributed by atoms with van der Waals surface area (Å²) >= 11 is 0. The first-order valence-corrected chi connectivity index (χ1v) is 11.7. The highest BCUT2D eigenvalue weighted by molar-refractivity contribution is 5.83. The summed E-state index contributed by atoms with van der Waals surface area (Å²) in [5, 5.41) is 0.957. The van der Waals surface area contributed by atoms with Gasteiger partial charge in [0.15, 0.2) is 0 Å². The smallest absolute Gasteiger partial charge is 0.369 e. The van der Waals surface area contributed by atoms with Crippen molar-refractivity contribution in [1.29, 1.82) is 0 Å². The Hall–Kier alpha value is -3.39. The molecule has 3 heterocycles. The molecule has 1 N–H and O–H groups in total. The van der Waals surface area contributed by atoms with Crippen LogP contribution in [0.4, 0.5) is 23.2 Å². The lowest BCUT2D eigenvalue weighted by molar-refractivity contribution is -0.137. The van der Waals surface area contributed by atoms with Gasteiger partial charge in [0, 0.05) is 60.7 Å². The van der Waals surface area contributed by atoms with Gasteiger partial charge in [0.25, 0.3) is 0 Å². The van der Waals surface area contributed by atoms with E-state index in [1.807, 2.05) is 30.5 Å². The van der Waals surface area contributed by atoms with Gasteiger partial charge in [-0.15, -0.1) is 0 Å². The highest BCUT2D eigenvalue weighted by Gasteiger charge is 2.30. The van der Waals surface area contributed by atoms with Crippen molar-refractivity contribution >= 4 is 16.6 Å². The summed E-state index contributed by atoms with van der Waals surface area (Å²) in [6.45, 7) is 4.65. The molecular weight excluding hydrogens is 456 g/mol. The number of pyridine rings is 1. The fourth-order valence-electron chi connectivity index (χ4n) is 4.69. The molecule has 0 radical (unpaired) electrons. The van der Waals surface area contributed by atoms with Crippen LogP contribution in [-0.2, 0) is 12.6 Å². The molecule has 0 aliphatic carbocycles. The molecule has 35 heavy (non-hydrogen) atoms. The maximum Gasteiger partial charge on any atom is 0.416 e. The van der Waals surface area contributed by atoms with E-state index in [1.54, 1.807) is 12.1 Å². The maximum atomic E-state index is 13.6. The Morgan fingerprint density at radius 3 is 2.43 bits per heavy atom. The predicted octanol–water partition coefficient (Wildman–Crippen LogP) is 6.14. The van der Waals surface area contributed by atoms with Crippen LogP contribution in [0.3, 0.4) is 0 Å². The summed E-state index contributed by atoms with van der Waals surface area (Å²) in [7, 11) is 0. The number of aryl methyl sites for hydroxylation is 1. The number of hydrogen-bond acceptors (Lipinski definition) is 3. The monoisotopic (exact) mass is 482 g/mol. The van der Waals surface area contributed by atoms with Crippen molar-refractivity contribution in [3.63, 3.8) is 0 Å². The summed E-state index contributed by atoms with van der Waals surface area (Å²) in [4.78, 5) is 12.0. The van der Waals surface area contributed by atoms with E-state index in [9.17, 15) is 17.6 Å². The van der Waals surface area contributed by atoms with Gasteiger partial charge >= 0.3 is 6.18 Å². The van der Waals surface area contributed by atoms with Crippen molar-refractivity contribution in [2.24, 2.45) is 0 Å². The van der Waals surface area contributed by atoms with E-state index < -0.39 is 11.7 Å². The van der Waals surface area contributed by atoms with Gasteiger partial charge in [0.05, 0.1) is 11.3 Å². The van der Waals surface area contributed by atoms with Gasteiger partial charge < -0.3 is 9.88 Å². The van der Waals surface area contributed by atoms with Crippen molar-refractivity contribution in [1.82, 2.24) is 14.9 Å². The topological polar surface area (TPSA) is 35.2 Å². The third-order valence-corrected chi connectivity index (χ3v) is 6.64. The van der Waals surface area contributed by atoms with Crippen molar-refractivity contribution in [2.45, 2.75) is 19.0 Å². The number of piperazine rings is 1. The van der Waals surface area contributed by atoms with Crippen molar-refractivity contribution in [3.8, 4) is 11.3 Å². The van der Waals surface area contributed by atoms with Crippen LogP contribution < -0.4 is 4.90 Å². The highest BCUT2D eigenvalue weighted by Crippen LogP contribution is 2.31. The first-order valence-electron chi connectivity index (χ1n) is 11.7. The van der Waals surface area contributed by atoms with Gasteiger partial charge in [0.1, 0.15) is 5.82 Å². The number of halogens is 4. The van der Waals surface area contributed by atoms with Gasteiger partial charge in [-0.05, 0) is 67.4 Å². The molecule has 1 aliphatic heterocycles. The van der Waals surface area contributed by atoms with Crippen LogP contribution in [0.1, 0.15) is 17.5 Å². The summed E-state index contributed by atoms with van der Waals surface area (Å²) in [6, 6.07) is 14.5. The lowest BCUT2D eigenvalue weighted by Gasteiger charge is -2.36. The van der Waals surface area contributed by atoms with Crippen molar-refractivity contribution in [2.75, 3.05) is 37.6 Å². The summed E-state index contributed by atoms with van der Waals surface area (Å²) < 4.78 is 52.6. The Morgan fingerprint density at radius 1 is 0.914 bits per heavy atom. The van der Waals surface area contributed by atoms with E-state index in [0.717, 1.165) is 79.9 Å². The minimum Gasteiger partial charge on any atom is -0.369 e. The van der Waals surface area contributed by atoms with Gasteiger partial charge in [-0.2, -0.15) is 13.2 Å². The van der Waals surface area contributed by atoms with E-state index in [0.29, 0.717) is 11.3 Å². The fourth-order valence-corrected chi connectivity index (χ4v) is 4.69. The van der Waals surface area contributed by atoms with E-state index in [4.69, 9.17) is 0 Å². The molecule has 0 spiro atoms. The Bertz CT molecular complexity index is 1290. The van der Waals surface area contributed by atoms with Gasteiger partial charge in [-0.3, -0.25) is 9.88 Å². The molecule has 0 unspecified atom stereocenters. The lowest BCUT2D eigenvalue weighted by Crippen LogP contribution is -2.46. The molecule has 182 valence electrons. The normalized spacial score (nSPS) is 15.1. The second-order valence-electron chi connectivity index (χ2n) is 8.91. The predicted molar refractivity (Wildman–Crippen MR) is 130 cm³/mol. The number of hydrogen-bond donors (Lipinski definition) is 1. The molecule has 2 aromatic carbocycles. The first kappa shape index (κ1) is 23.4. The number of rotatable bonds is 6. The Kier molecular flexibility index (Phi) is 6.47. The number of aromatic amines is 1. The number of aromatic nitrogens is 2. The summed E-state index contributed by atoms with van der Waals surface area (Å²) in [6.07, 6.45) is 0.685. The third-order valence-electron chi connectivity index (χ3n) is 6.64. The van der Waals surface area contributed by atoms with E-state index >= 15 is 0 Å². The number of alkyl halides is 3. The second kappa shape index (κ2) is 9.70. The molecule has 1 saturated heterocycles. The lowest BCUT2D eigenvalue weighted by atomic mass is 10.1. The largest absolute Gasteiger partial charge is 0.416 e. The molecule has 1 aliphatic rings. The standard InChI is InChI=1S/C27H26F4N4/c28-22-5-8-25-24(17-22)20(18-33-25)2-1-11-34-12-14-35(15-13-34)23-6-3-19(4-7-23)26-16-21(9-10-32-26)27(29,30)31/h3-10,16-18,33H,1-2,11-15H2. The molecular formula is C27H26F4N4. The highest BCUT2D eigenvalue weighted by atomic mass is 19.4. The SMILES string of the molecule is Fc1ccc2[nH]cc(CCCN3CCN(c4ccc(-c5cc(C(F)(F)F)ccn5)cc4)CC3)c2c1. The number of fused-ring (bicyclic) bond motifs is 1. The van der Waals surface area contributed by atoms with Gasteiger partial charge in [-0.1, -0.05) is 12.1 Å². The van der Waals surface area contributed by atoms with Crippen LogP contribution in [0.15, 0.2) is 67.0 Å². The minimum atomic E-state index is -4.38. The van der Waals surface area contributed by atoms with E-state index in [-0.39, 0.29) is 5.82 Å². The quantitative estimate of drug-likeness (QED) is 0.335. The van der Waals surface area contributed by atoms with E-state index in [2.05, 4.69) is 19.8 Å². The minimum absolute atomic E-state index is 0.214. The number of anilines is 1.